The minimum atomic E-state index is 0.756. The fourth-order valence-electron chi connectivity index (χ4n) is 2.55. The van der Waals surface area contributed by atoms with Crippen LogP contribution in [-0.2, 0) is 0 Å². The van der Waals surface area contributed by atoms with Crippen LogP contribution in [0, 0.1) is 24.2 Å². The van der Waals surface area contributed by atoms with Crippen LogP contribution in [0.25, 0.3) is 0 Å². The van der Waals surface area contributed by atoms with Crippen molar-refractivity contribution in [1.29, 1.82) is 5.26 Å². The summed E-state index contributed by atoms with van der Waals surface area (Å²) in [4.78, 5) is 0. The second-order valence-electron chi connectivity index (χ2n) is 5.05. The molecule has 0 saturated heterocycles. The average Bonchev–Trinajstić information content (AvgIpc) is 2.38. The molecular weight excluding hydrogens is 208 g/mol. The lowest BCUT2D eigenvalue weighted by Gasteiger charge is -2.22. The summed E-state index contributed by atoms with van der Waals surface area (Å²) in [5, 5.41) is 12.5. The van der Waals surface area contributed by atoms with E-state index in [2.05, 4.69) is 24.4 Å². The number of hydrogen-bond acceptors (Lipinski definition) is 2. The Hall–Kier alpha value is -1.49. The van der Waals surface area contributed by atoms with Crippen molar-refractivity contribution >= 4 is 5.69 Å². The number of nitriles is 1. The maximum Gasteiger partial charge on any atom is 0.101 e. The van der Waals surface area contributed by atoms with E-state index in [0.29, 0.717) is 0 Å². The van der Waals surface area contributed by atoms with E-state index in [-0.39, 0.29) is 0 Å². The lowest BCUT2D eigenvalue weighted by molar-refractivity contribution is 0.373. The molecule has 0 atom stereocenters. The first-order valence-electron chi connectivity index (χ1n) is 6.54. The topological polar surface area (TPSA) is 35.8 Å². The van der Waals surface area contributed by atoms with E-state index in [1.807, 2.05) is 12.1 Å². The molecule has 1 N–H and O–H groups in total. The molecule has 0 unspecified atom stereocenters. The number of nitrogens with zero attached hydrogens (tertiary/aromatic N) is 1. The van der Waals surface area contributed by atoms with Crippen LogP contribution in [0.1, 0.15) is 43.2 Å². The van der Waals surface area contributed by atoms with Crippen LogP contribution in [0.5, 0.6) is 0 Å². The number of rotatable bonds is 3. The molecule has 1 aliphatic rings. The van der Waals surface area contributed by atoms with E-state index in [1.54, 1.807) is 0 Å². The van der Waals surface area contributed by atoms with Crippen molar-refractivity contribution in [3.63, 3.8) is 0 Å². The lowest BCUT2D eigenvalue weighted by Crippen LogP contribution is -2.17. The van der Waals surface area contributed by atoms with Gasteiger partial charge in [-0.2, -0.15) is 5.26 Å². The minimum Gasteiger partial charge on any atom is -0.384 e. The molecule has 1 aromatic rings. The normalized spacial score (nSPS) is 16.5. The van der Waals surface area contributed by atoms with Gasteiger partial charge in [0, 0.05) is 6.54 Å². The number of aryl methyl sites for hydroxylation is 1. The predicted molar refractivity (Wildman–Crippen MR) is 71.0 cm³/mol. The molecule has 0 heterocycles. The fourth-order valence-corrected chi connectivity index (χ4v) is 2.55. The maximum absolute atomic E-state index is 9.06. The molecule has 1 saturated carbocycles. The number of benzene rings is 1. The van der Waals surface area contributed by atoms with Crippen LogP contribution < -0.4 is 5.32 Å². The van der Waals surface area contributed by atoms with Gasteiger partial charge in [0.2, 0.25) is 0 Å². The van der Waals surface area contributed by atoms with Crippen molar-refractivity contribution in [3.8, 4) is 6.07 Å². The summed E-state index contributed by atoms with van der Waals surface area (Å²) in [7, 11) is 0. The van der Waals surface area contributed by atoms with Gasteiger partial charge in [-0.05, 0) is 43.4 Å². The summed E-state index contributed by atoms with van der Waals surface area (Å²) in [5.74, 6) is 0.788. The SMILES string of the molecule is Cc1ccc(C#N)c(NCC2CCCCC2)c1. The Balaban J connectivity index is 1.98. The van der Waals surface area contributed by atoms with Crippen LogP contribution >= 0.6 is 0 Å². The predicted octanol–water partition coefficient (Wildman–Crippen LogP) is 3.86. The Morgan fingerprint density at radius 1 is 1.29 bits per heavy atom. The smallest absolute Gasteiger partial charge is 0.101 e. The highest BCUT2D eigenvalue weighted by Gasteiger charge is 2.13. The second kappa shape index (κ2) is 5.72. The van der Waals surface area contributed by atoms with E-state index in [9.17, 15) is 0 Å². The van der Waals surface area contributed by atoms with Crippen molar-refractivity contribution < 1.29 is 0 Å². The Kier molecular flexibility index (Phi) is 4.03. The van der Waals surface area contributed by atoms with Gasteiger partial charge in [0.05, 0.1) is 11.3 Å². The molecule has 2 rings (SSSR count). The van der Waals surface area contributed by atoms with Gasteiger partial charge in [0.15, 0.2) is 0 Å². The van der Waals surface area contributed by atoms with Crippen molar-refractivity contribution in [1.82, 2.24) is 0 Å². The average molecular weight is 228 g/mol. The number of nitrogens with one attached hydrogen (secondary N) is 1. The molecule has 0 aromatic heterocycles. The zero-order valence-corrected chi connectivity index (χ0v) is 10.5. The van der Waals surface area contributed by atoms with Gasteiger partial charge in [0.1, 0.15) is 6.07 Å². The van der Waals surface area contributed by atoms with Crippen molar-refractivity contribution in [2.75, 3.05) is 11.9 Å². The van der Waals surface area contributed by atoms with Crippen LogP contribution in [0.4, 0.5) is 5.69 Å². The quantitative estimate of drug-likeness (QED) is 0.852. The molecule has 2 nitrogen and oxygen atoms in total. The van der Waals surface area contributed by atoms with E-state index >= 15 is 0 Å². The van der Waals surface area contributed by atoms with E-state index < -0.39 is 0 Å². The molecule has 0 aliphatic heterocycles. The molecule has 0 bridgehead atoms. The van der Waals surface area contributed by atoms with Gasteiger partial charge >= 0.3 is 0 Å². The summed E-state index contributed by atoms with van der Waals surface area (Å²) in [6.07, 6.45) is 6.79. The second-order valence-corrected chi connectivity index (χ2v) is 5.05. The molecule has 2 heteroatoms. The van der Waals surface area contributed by atoms with Gasteiger partial charge in [-0.3, -0.25) is 0 Å². The molecule has 0 spiro atoms. The summed E-state index contributed by atoms with van der Waals surface area (Å²) in [6, 6.07) is 8.21. The molecule has 1 aromatic carbocycles. The Morgan fingerprint density at radius 3 is 2.76 bits per heavy atom. The first-order chi connectivity index (χ1) is 8.29. The molecule has 1 aliphatic carbocycles. The van der Waals surface area contributed by atoms with Gasteiger partial charge in [-0.1, -0.05) is 25.3 Å². The highest BCUT2D eigenvalue weighted by Crippen LogP contribution is 2.25. The van der Waals surface area contributed by atoms with Crippen molar-refractivity contribution in [3.05, 3.63) is 29.3 Å². The molecular formula is C15H20N2. The summed E-state index contributed by atoms with van der Waals surface area (Å²) in [5.41, 5.74) is 2.96. The Bertz CT molecular complexity index is 411. The molecule has 1 fully saturated rings. The standard InChI is InChI=1S/C15H20N2/c1-12-7-8-14(10-16)15(9-12)17-11-13-5-3-2-4-6-13/h7-9,13,17H,2-6,11H2,1H3. The Labute approximate surface area is 104 Å². The monoisotopic (exact) mass is 228 g/mol. The summed E-state index contributed by atoms with van der Waals surface area (Å²) >= 11 is 0. The van der Waals surface area contributed by atoms with E-state index in [4.69, 9.17) is 5.26 Å². The first-order valence-corrected chi connectivity index (χ1v) is 6.54. The third-order valence-electron chi connectivity index (χ3n) is 3.60. The number of hydrogen-bond donors (Lipinski definition) is 1. The zero-order chi connectivity index (χ0) is 12.1. The highest BCUT2D eigenvalue weighted by atomic mass is 14.9. The van der Waals surface area contributed by atoms with Crippen molar-refractivity contribution in [2.24, 2.45) is 5.92 Å². The molecule has 0 amide bonds. The van der Waals surface area contributed by atoms with Gasteiger partial charge in [0.25, 0.3) is 0 Å². The Morgan fingerprint density at radius 2 is 2.06 bits per heavy atom. The fraction of sp³-hybridized carbons (Fsp3) is 0.533. The summed E-state index contributed by atoms with van der Waals surface area (Å²) in [6.45, 7) is 3.07. The number of anilines is 1. The van der Waals surface area contributed by atoms with Crippen LogP contribution in [0.3, 0.4) is 0 Å². The third-order valence-corrected chi connectivity index (χ3v) is 3.60. The molecule has 90 valence electrons. The van der Waals surface area contributed by atoms with Gasteiger partial charge in [-0.25, -0.2) is 0 Å². The van der Waals surface area contributed by atoms with Crippen LogP contribution in [0.15, 0.2) is 18.2 Å². The van der Waals surface area contributed by atoms with E-state index in [0.717, 1.165) is 23.7 Å². The lowest BCUT2D eigenvalue weighted by atomic mass is 9.89. The van der Waals surface area contributed by atoms with Gasteiger partial charge < -0.3 is 5.32 Å². The first kappa shape index (κ1) is 12.0. The third kappa shape index (κ3) is 3.23. The van der Waals surface area contributed by atoms with E-state index in [1.165, 1.54) is 37.7 Å². The van der Waals surface area contributed by atoms with Gasteiger partial charge in [-0.15, -0.1) is 0 Å². The maximum atomic E-state index is 9.06. The highest BCUT2D eigenvalue weighted by molar-refractivity contribution is 5.58. The largest absolute Gasteiger partial charge is 0.384 e. The minimum absolute atomic E-state index is 0.756. The van der Waals surface area contributed by atoms with Crippen LogP contribution in [-0.4, -0.2) is 6.54 Å². The van der Waals surface area contributed by atoms with Crippen LogP contribution in [0.2, 0.25) is 0 Å². The zero-order valence-electron chi connectivity index (χ0n) is 10.5. The summed E-state index contributed by atoms with van der Waals surface area (Å²) < 4.78 is 0. The molecule has 17 heavy (non-hydrogen) atoms. The van der Waals surface area contributed by atoms with Crippen molar-refractivity contribution in [2.45, 2.75) is 39.0 Å². The molecule has 0 radical (unpaired) electrons.